The lowest BCUT2D eigenvalue weighted by atomic mass is 9.89. The Balaban J connectivity index is 2.19. The summed E-state index contributed by atoms with van der Waals surface area (Å²) in [5.74, 6) is 1.06. The topological polar surface area (TPSA) is 43.8 Å². The molecule has 3 nitrogen and oxygen atoms in total. The predicted molar refractivity (Wildman–Crippen MR) is 74.2 cm³/mol. The van der Waals surface area contributed by atoms with Crippen molar-refractivity contribution < 1.29 is 0 Å². The molecule has 18 heavy (non-hydrogen) atoms. The van der Waals surface area contributed by atoms with Gasteiger partial charge in [0.25, 0.3) is 0 Å². The minimum absolute atomic E-state index is 0.377. The summed E-state index contributed by atoms with van der Waals surface area (Å²) in [6.07, 6.45) is 5.74. The smallest absolute Gasteiger partial charge is 0.110 e. The van der Waals surface area contributed by atoms with Crippen LogP contribution in [0, 0.1) is 0 Å². The maximum absolute atomic E-state index is 6.44. The van der Waals surface area contributed by atoms with Crippen LogP contribution in [0.5, 0.6) is 0 Å². The molecule has 0 saturated carbocycles. The Morgan fingerprint density at radius 3 is 2.67 bits per heavy atom. The zero-order chi connectivity index (χ0) is 13.0. The van der Waals surface area contributed by atoms with Gasteiger partial charge in [-0.3, -0.25) is 0 Å². The summed E-state index contributed by atoms with van der Waals surface area (Å²) >= 11 is 0. The molecular formula is C15H21N3. The van der Waals surface area contributed by atoms with Crippen LogP contribution < -0.4 is 5.73 Å². The fourth-order valence-electron chi connectivity index (χ4n) is 2.20. The monoisotopic (exact) mass is 243 g/mol. The Labute approximate surface area is 109 Å². The molecule has 0 radical (unpaired) electrons. The van der Waals surface area contributed by atoms with Gasteiger partial charge in [-0.2, -0.15) is 0 Å². The van der Waals surface area contributed by atoms with Crippen LogP contribution in [0.2, 0.25) is 0 Å². The van der Waals surface area contributed by atoms with Crippen molar-refractivity contribution in [2.45, 2.75) is 38.8 Å². The molecule has 1 heterocycles. The molecular weight excluding hydrogens is 222 g/mol. The van der Waals surface area contributed by atoms with Crippen LogP contribution in [-0.4, -0.2) is 9.55 Å². The van der Waals surface area contributed by atoms with Crippen LogP contribution in [0.4, 0.5) is 0 Å². The fraction of sp³-hybridized carbons (Fsp3) is 0.400. The second-order valence-electron chi connectivity index (χ2n) is 5.00. The number of hydrogen-bond donors (Lipinski definition) is 1. The average Bonchev–Trinajstić information content (AvgIpc) is 2.78. The number of nitrogens with zero attached hydrogens (tertiary/aromatic N) is 2. The summed E-state index contributed by atoms with van der Waals surface area (Å²) in [4.78, 5) is 4.43. The first-order valence-corrected chi connectivity index (χ1v) is 6.48. The Kier molecular flexibility index (Phi) is 3.82. The van der Waals surface area contributed by atoms with Crippen LogP contribution in [0.25, 0.3) is 0 Å². The Bertz CT molecular complexity index is 485. The first-order valence-electron chi connectivity index (χ1n) is 6.48. The summed E-state index contributed by atoms with van der Waals surface area (Å²) in [7, 11) is 0. The molecule has 1 unspecified atom stereocenters. The SMILES string of the molecule is CCCn1ccnc1CC(C)(N)c1ccccc1. The van der Waals surface area contributed by atoms with E-state index in [1.807, 2.05) is 30.6 Å². The number of imidazole rings is 1. The Morgan fingerprint density at radius 2 is 2.00 bits per heavy atom. The van der Waals surface area contributed by atoms with E-state index in [2.05, 4.69) is 35.5 Å². The van der Waals surface area contributed by atoms with E-state index in [0.717, 1.165) is 30.8 Å². The van der Waals surface area contributed by atoms with Crippen LogP contribution in [0.1, 0.15) is 31.7 Å². The molecule has 3 heteroatoms. The number of aromatic nitrogens is 2. The van der Waals surface area contributed by atoms with E-state index in [-0.39, 0.29) is 5.54 Å². The molecule has 0 aliphatic carbocycles. The first-order chi connectivity index (χ1) is 8.63. The molecule has 0 bridgehead atoms. The van der Waals surface area contributed by atoms with Crippen molar-refractivity contribution in [3.8, 4) is 0 Å². The molecule has 2 aromatic rings. The van der Waals surface area contributed by atoms with E-state index in [1.54, 1.807) is 0 Å². The maximum Gasteiger partial charge on any atom is 0.110 e. The molecule has 2 rings (SSSR count). The molecule has 1 atom stereocenters. The summed E-state index contributed by atoms with van der Waals surface area (Å²) in [6.45, 7) is 5.23. The van der Waals surface area contributed by atoms with Gasteiger partial charge in [-0.25, -0.2) is 4.98 Å². The fourth-order valence-corrected chi connectivity index (χ4v) is 2.20. The quantitative estimate of drug-likeness (QED) is 0.877. The average molecular weight is 243 g/mol. The van der Waals surface area contributed by atoms with Crippen LogP contribution >= 0.6 is 0 Å². The van der Waals surface area contributed by atoms with Crippen molar-refractivity contribution in [2.75, 3.05) is 0 Å². The van der Waals surface area contributed by atoms with Crippen molar-refractivity contribution >= 4 is 0 Å². The zero-order valence-electron chi connectivity index (χ0n) is 11.1. The first kappa shape index (κ1) is 12.8. The van der Waals surface area contributed by atoms with Crippen molar-refractivity contribution in [1.29, 1.82) is 0 Å². The van der Waals surface area contributed by atoms with Crippen LogP contribution in [0.3, 0.4) is 0 Å². The van der Waals surface area contributed by atoms with E-state index >= 15 is 0 Å². The molecule has 0 aliphatic heterocycles. The number of hydrogen-bond acceptors (Lipinski definition) is 2. The second-order valence-corrected chi connectivity index (χ2v) is 5.00. The van der Waals surface area contributed by atoms with E-state index in [9.17, 15) is 0 Å². The van der Waals surface area contributed by atoms with E-state index in [0.29, 0.717) is 0 Å². The minimum atomic E-state index is -0.377. The molecule has 96 valence electrons. The third kappa shape index (κ3) is 2.79. The standard InChI is InChI=1S/C15H21N3/c1-3-10-18-11-9-17-14(18)12-15(2,16)13-7-5-4-6-8-13/h4-9,11H,3,10,12,16H2,1-2H3. The highest BCUT2D eigenvalue weighted by Gasteiger charge is 2.23. The molecule has 0 aliphatic rings. The lowest BCUT2D eigenvalue weighted by molar-refractivity contribution is 0.462. The Morgan fingerprint density at radius 1 is 1.28 bits per heavy atom. The number of aryl methyl sites for hydroxylation is 1. The van der Waals surface area contributed by atoms with E-state index in [1.165, 1.54) is 0 Å². The summed E-state index contributed by atoms with van der Waals surface area (Å²) in [6, 6.07) is 10.2. The predicted octanol–water partition coefficient (Wildman–Crippen LogP) is 2.71. The van der Waals surface area contributed by atoms with Gasteiger partial charge in [0.2, 0.25) is 0 Å². The van der Waals surface area contributed by atoms with Crippen LogP contribution in [0.15, 0.2) is 42.7 Å². The van der Waals surface area contributed by atoms with E-state index in [4.69, 9.17) is 5.73 Å². The minimum Gasteiger partial charge on any atom is -0.335 e. The van der Waals surface area contributed by atoms with Gasteiger partial charge in [0, 0.05) is 30.9 Å². The van der Waals surface area contributed by atoms with Crippen LogP contribution in [-0.2, 0) is 18.5 Å². The molecule has 2 N–H and O–H groups in total. The van der Waals surface area contributed by atoms with Crippen molar-refractivity contribution in [2.24, 2.45) is 5.73 Å². The van der Waals surface area contributed by atoms with Crippen molar-refractivity contribution in [3.05, 3.63) is 54.1 Å². The molecule has 1 aromatic carbocycles. The normalized spacial score (nSPS) is 14.4. The summed E-state index contributed by atoms with van der Waals surface area (Å²) < 4.78 is 2.19. The lowest BCUT2D eigenvalue weighted by Gasteiger charge is -2.25. The van der Waals surface area contributed by atoms with Crippen molar-refractivity contribution in [1.82, 2.24) is 9.55 Å². The molecule has 0 amide bonds. The third-order valence-corrected chi connectivity index (χ3v) is 3.22. The number of nitrogens with two attached hydrogens (primary N) is 1. The number of rotatable bonds is 5. The van der Waals surface area contributed by atoms with Gasteiger partial charge >= 0.3 is 0 Å². The van der Waals surface area contributed by atoms with Gasteiger partial charge in [0.15, 0.2) is 0 Å². The highest BCUT2D eigenvalue weighted by Crippen LogP contribution is 2.21. The largest absolute Gasteiger partial charge is 0.335 e. The lowest BCUT2D eigenvalue weighted by Crippen LogP contribution is -2.36. The molecule has 0 saturated heterocycles. The second kappa shape index (κ2) is 5.36. The van der Waals surface area contributed by atoms with E-state index < -0.39 is 0 Å². The number of benzene rings is 1. The van der Waals surface area contributed by atoms with Gasteiger partial charge in [-0.1, -0.05) is 37.3 Å². The molecule has 0 fully saturated rings. The third-order valence-electron chi connectivity index (χ3n) is 3.22. The van der Waals surface area contributed by atoms with Gasteiger partial charge in [0.05, 0.1) is 0 Å². The zero-order valence-corrected chi connectivity index (χ0v) is 11.1. The highest BCUT2D eigenvalue weighted by atomic mass is 15.1. The summed E-state index contributed by atoms with van der Waals surface area (Å²) in [5, 5.41) is 0. The highest BCUT2D eigenvalue weighted by molar-refractivity contribution is 5.24. The maximum atomic E-state index is 6.44. The van der Waals surface area contributed by atoms with Gasteiger partial charge in [-0.15, -0.1) is 0 Å². The van der Waals surface area contributed by atoms with Gasteiger partial charge in [-0.05, 0) is 18.9 Å². The van der Waals surface area contributed by atoms with Crippen molar-refractivity contribution in [3.63, 3.8) is 0 Å². The molecule has 0 spiro atoms. The summed E-state index contributed by atoms with van der Waals surface area (Å²) in [5.41, 5.74) is 7.21. The molecule has 1 aromatic heterocycles. The van der Waals surface area contributed by atoms with Gasteiger partial charge < -0.3 is 10.3 Å². The Hall–Kier alpha value is -1.61. The van der Waals surface area contributed by atoms with Gasteiger partial charge in [0.1, 0.15) is 5.82 Å².